The predicted octanol–water partition coefficient (Wildman–Crippen LogP) is 3.37. The van der Waals surface area contributed by atoms with Crippen LogP contribution in [0.1, 0.15) is 61.9 Å². The molecule has 0 radical (unpaired) electrons. The number of nitrogens with zero attached hydrogens (tertiary/aromatic N) is 1. The number of nitrogens with two attached hydrogens (primary N) is 1. The van der Waals surface area contributed by atoms with Gasteiger partial charge in [0, 0.05) is 24.2 Å². The summed E-state index contributed by atoms with van der Waals surface area (Å²) in [5.74, 6) is 0.203. The van der Waals surface area contributed by atoms with Gasteiger partial charge in [0.2, 0.25) is 0 Å². The van der Waals surface area contributed by atoms with Crippen molar-refractivity contribution in [1.82, 2.24) is 4.90 Å². The van der Waals surface area contributed by atoms with Crippen LogP contribution in [0.4, 0.5) is 0 Å². The van der Waals surface area contributed by atoms with Crippen molar-refractivity contribution in [3.63, 3.8) is 0 Å². The van der Waals surface area contributed by atoms with Crippen molar-refractivity contribution in [3.05, 3.63) is 35.4 Å². The fraction of sp³-hybridized carbons (Fsp3) is 0.611. The van der Waals surface area contributed by atoms with Crippen LogP contribution in [0.15, 0.2) is 24.3 Å². The van der Waals surface area contributed by atoms with Gasteiger partial charge in [-0.15, -0.1) is 0 Å². The summed E-state index contributed by atoms with van der Waals surface area (Å²) in [7, 11) is 0. The minimum absolute atomic E-state index is 0.203. The van der Waals surface area contributed by atoms with Gasteiger partial charge in [0.15, 0.2) is 0 Å². The van der Waals surface area contributed by atoms with Crippen LogP contribution in [0.3, 0.4) is 0 Å². The minimum atomic E-state index is 0.203. The maximum Gasteiger partial charge on any atom is 0.254 e. The molecule has 1 fully saturated rings. The van der Waals surface area contributed by atoms with Gasteiger partial charge in [-0.3, -0.25) is 4.79 Å². The maximum absolute atomic E-state index is 13.0. The summed E-state index contributed by atoms with van der Waals surface area (Å²) in [4.78, 5) is 15.1. The third-order valence-corrected chi connectivity index (χ3v) is 4.54. The molecular weight excluding hydrogens is 260 g/mol. The Labute approximate surface area is 128 Å². The zero-order valence-corrected chi connectivity index (χ0v) is 13.3. The Bertz CT molecular complexity index is 464. The van der Waals surface area contributed by atoms with Crippen molar-refractivity contribution < 1.29 is 4.79 Å². The lowest BCUT2D eigenvalue weighted by Gasteiger charge is -2.36. The normalized spacial score (nSPS) is 22.0. The average Bonchev–Trinajstić information content (AvgIpc) is 2.53. The van der Waals surface area contributed by atoms with E-state index < -0.39 is 0 Å². The topological polar surface area (TPSA) is 46.3 Å². The molecule has 1 aromatic rings. The lowest BCUT2D eigenvalue weighted by Crippen LogP contribution is -2.44. The van der Waals surface area contributed by atoms with E-state index in [1.807, 2.05) is 18.2 Å². The van der Waals surface area contributed by atoms with E-state index in [-0.39, 0.29) is 5.91 Å². The van der Waals surface area contributed by atoms with Crippen molar-refractivity contribution in [2.24, 2.45) is 5.73 Å². The number of rotatable bonds is 5. The van der Waals surface area contributed by atoms with Crippen LogP contribution in [0.5, 0.6) is 0 Å². The first-order valence-corrected chi connectivity index (χ1v) is 8.31. The highest BCUT2D eigenvalue weighted by molar-refractivity contribution is 5.96. The Morgan fingerprint density at radius 3 is 2.48 bits per heavy atom. The first kappa shape index (κ1) is 16.0. The van der Waals surface area contributed by atoms with Gasteiger partial charge in [0.1, 0.15) is 0 Å². The molecule has 2 N–H and O–H groups in total. The molecule has 1 saturated carbocycles. The molecule has 0 unspecified atom stereocenters. The van der Waals surface area contributed by atoms with E-state index in [0.717, 1.165) is 56.2 Å². The second kappa shape index (κ2) is 7.60. The molecule has 1 amide bonds. The van der Waals surface area contributed by atoms with Crippen molar-refractivity contribution in [2.75, 3.05) is 6.54 Å². The van der Waals surface area contributed by atoms with Gasteiger partial charge in [0.25, 0.3) is 5.91 Å². The number of hydrogen-bond acceptors (Lipinski definition) is 2. The number of benzene rings is 1. The Morgan fingerprint density at radius 1 is 1.19 bits per heavy atom. The molecule has 0 atom stereocenters. The maximum atomic E-state index is 13.0. The first-order chi connectivity index (χ1) is 10.2. The molecule has 0 spiro atoms. The van der Waals surface area contributed by atoms with E-state index >= 15 is 0 Å². The number of aryl methyl sites for hydroxylation is 1. The molecule has 21 heavy (non-hydrogen) atoms. The van der Waals surface area contributed by atoms with Gasteiger partial charge in [-0.2, -0.15) is 0 Å². The van der Waals surface area contributed by atoms with Crippen molar-refractivity contribution in [2.45, 2.75) is 64.5 Å². The smallest absolute Gasteiger partial charge is 0.254 e. The van der Waals surface area contributed by atoms with Crippen LogP contribution in [0.25, 0.3) is 0 Å². The Morgan fingerprint density at radius 2 is 1.86 bits per heavy atom. The first-order valence-electron chi connectivity index (χ1n) is 8.31. The zero-order valence-electron chi connectivity index (χ0n) is 13.3. The van der Waals surface area contributed by atoms with Crippen LogP contribution >= 0.6 is 0 Å². The molecule has 3 heteroatoms. The van der Waals surface area contributed by atoms with Gasteiger partial charge in [-0.25, -0.2) is 0 Å². The van der Waals surface area contributed by atoms with Gasteiger partial charge >= 0.3 is 0 Å². The molecule has 0 aromatic heterocycles. The van der Waals surface area contributed by atoms with E-state index in [4.69, 9.17) is 5.73 Å². The number of hydrogen-bond donors (Lipinski definition) is 1. The zero-order chi connectivity index (χ0) is 15.2. The molecule has 0 bridgehead atoms. The quantitative estimate of drug-likeness (QED) is 0.903. The fourth-order valence-electron chi connectivity index (χ4n) is 3.30. The molecule has 1 aromatic carbocycles. The fourth-order valence-corrected chi connectivity index (χ4v) is 3.30. The number of amides is 1. The molecule has 2 rings (SSSR count). The summed E-state index contributed by atoms with van der Waals surface area (Å²) in [6.45, 7) is 5.09. The molecule has 1 aliphatic carbocycles. The molecule has 3 nitrogen and oxygen atoms in total. The highest BCUT2D eigenvalue weighted by Gasteiger charge is 2.28. The lowest BCUT2D eigenvalue weighted by molar-refractivity contribution is 0.0625. The van der Waals surface area contributed by atoms with Crippen LogP contribution in [-0.2, 0) is 6.42 Å². The van der Waals surface area contributed by atoms with Crippen LogP contribution in [-0.4, -0.2) is 29.4 Å². The third kappa shape index (κ3) is 3.85. The number of carbonyl (C=O) groups is 1. The van der Waals surface area contributed by atoms with E-state index in [1.54, 1.807) is 0 Å². The molecule has 0 aliphatic heterocycles. The Balaban J connectivity index is 2.19. The second-order valence-corrected chi connectivity index (χ2v) is 6.08. The SMILES string of the molecule is CCCN(C(=O)c1ccccc1CC)C1CCC(N)CC1. The Kier molecular flexibility index (Phi) is 5.80. The van der Waals surface area contributed by atoms with Crippen LogP contribution in [0.2, 0.25) is 0 Å². The minimum Gasteiger partial charge on any atom is -0.336 e. The van der Waals surface area contributed by atoms with Gasteiger partial charge in [-0.1, -0.05) is 32.0 Å². The summed E-state index contributed by atoms with van der Waals surface area (Å²) in [6, 6.07) is 8.70. The summed E-state index contributed by atoms with van der Waals surface area (Å²) in [6.07, 6.45) is 6.06. The van der Waals surface area contributed by atoms with Gasteiger partial charge < -0.3 is 10.6 Å². The lowest BCUT2D eigenvalue weighted by atomic mass is 9.90. The average molecular weight is 288 g/mol. The predicted molar refractivity (Wildman–Crippen MR) is 87.4 cm³/mol. The molecule has 0 saturated heterocycles. The monoisotopic (exact) mass is 288 g/mol. The highest BCUT2D eigenvalue weighted by atomic mass is 16.2. The van der Waals surface area contributed by atoms with Crippen LogP contribution in [0, 0.1) is 0 Å². The standard InChI is InChI=1S/C18H28N2O/c1-3-13-20(16-11-9-15(19)10-12-16)18(21)17-8-6-5-7-14(17)4-2/h5-8,15-16H,3-4,9-13,19H2,1-2H3. The Hall–Kier alpha value is -1.35. The summed E-state index contributed by atoms with van der Waals surface area (Å²) < 4.78 is 0. The molecular formula is C18H28N2O. The van der Waals surface area contributed by atoms with Crippen LogP contribution < -0.4 is 5.73 Å². The summed E-state index contributed by atoms with van der Waals surface area (Å²) in [5, 5.41) is 0. The number of carbonyl (C=O) groups excluding carboxylic acids is 1. The van der Waals surface area contributed by atoms with Gasteiger partial charge in [-0.05, 0) is 50.2 Å². The van der Waals surface area contributed by atoms with Gasteiger partial charge in [0.05, 0.1) is 0 Å². The highest BCUT2D eigenvalue weighted by Crippen LogP contribution is 2.25. The van der Waals surface area contributed by atoms with E-state index in [2.05, 4.69) is 24.8 Å². The molecule has 1 aliphatic rings. The van der Waals surface area contributed by atoms with Crippen molar-refractivity contribution in [3.8, 4) is 0 Å². The van der Waals surface area contributed by atoms with Crippen molar-refractivity contribution >= 4 is 5.91 Å². The third-order valence-electron chi connectivity index (χ3n) is 4.54. The summed E-state index contributed by atoms with van der Waals surface area (Å²) in [5.41, 5.74) is 8.03. The molecule has 116 valence electrons. The molecule has 0 heterocycles. The van der Waals surface area contributed by atoms with E-state index in [0.29, 0.717) is 12.1 Å². The summed E-state index contributed by atoms with van der Waals surface area (Å²) >= 11 is 0. The van der Waals surface area contributed by atoms with Crippen molar-refractivity contribution in [1.29, 1.82) is 0 Å². The van der Waals surface area contributed by atoms with E-state index in [9.17, 15) is 4.79 Å². The van der Waals surface area contributed by atoms with E-state index in [1.165, 1.54) is 0 Å². The largest absolute Gasteiger partial charge is 0.336 e. The second-order valence-electron chi connectivity index (χ2n) is 6.08.